The van der Waals surface area contributed by atoms with Crippen molar-refractivity contribution in [3.8, 4) is 89.8 Å². The number of hydrogen-bond donors (Lipinski definition) is 0. The fraction of sp³-hybridized carbons (Fsp3) is 0.0690. The summed E-state index contributed by atoms with van der Waals surface area (Å²) in [5.41, 5.74) is 13.5. The van der Waals surface area contributed by atoms with Gasteiger partial charge in [-0.1, -0.05) is 146 Å². The molecule has 4 heteroatoms. The van der Waals surface area contributed by atoms with Crippen LogP contribution in [0.2, 0.25) is 0 Å². The standard InChI is InChI=1S/C58H44O4/c1-59-45-27-23-43(24-28-45)53-49-33-31-47(61-3)35-51(49)56(42-21-17-40(18-22-42)38-13-9-6-10-14-38)58-54(44-25-29-46(60-2)30-26-44)50-34-32-48(62-4)36-52(50)55(57(53)58)41-19-15-39(16-20-41)37-11-7-5-8-12-37/h5-36H,1-4H3. The lowest BCUT2D eigenvalue weighted by molar-refractivity contribution is 0.415. The minimum atomic E-state index is 0.785. The molecule has 10 aromatic carbocycles. The van der Waals surface area contributed by atoms with E-state index in [-0.39, 0.29) is 0 Å². The summed E-state index contributed by atoms with van der Waals surface area (Å²) in [6, 6.07) is 69.0. The summed E-state index contributed by atoms with van der Waals surface area (Å²) in [5.74, 6) is 3.16. The van der Waals surface area contributed by atoms with Crippen LogP contribution in [0.4, 0.5) is 0 Å². The van der Waals surface area contributed by atoms with Gasteiger partial charge in [0.2, 0.25) is 0 Å². The van der Waals surface area contributed by atoms with Crippen LogP contribution in [0.5, 0.6) is 23.0 Å². The Labute approximate surface area is 362 Å². The van der Waals surface area contributed by atoms with Gasteiger partial charge in [0.05, 0.1) is 28.4 Å². The first-order chi connectivity index (χ1) is 30.6. The molecule has 0 saturated carbocycles. The van der Waals surface area contributed by atoms with E-state index >= 15 is 0 Å². The lowest BCUT2D eigenvalue weighted by Crippen LogP contribution is -1.99. The van der Waals surface area contributed by atoms with Crippen molar-refractivity contribution in [1.82, 2.24) is 0 Å². The SMILES string of the molecule is COc1ccc(-c2c3ccc(OC)cc3c(-c3ccc(-c4ccccc4)cc3)c3c(-c4ccc(OC)cc4)c4ccc(OC)cc4c(-c4ccc(-c5ccccc5)cc4)c23)cc1. The van der Waals surface area contributed by atoms with Gasteiger partial charge in [0.15, 0.2) is 0 Å². The molecule has 0 aromatic heterocycles. The molecule has 0 aliphatic carbocycles. The van der Waals surface area contributed by atoms with Crippen molar-refractivity contribution in [3.63, 3.8) is 0 Å². The summed E-state index contributed by atoms with van der Waals surface area (Å²) in [7, 11) is 6.90. The summed E-state index contributed by atoms with van der Waals surface area (Å²) < 4.78 is 23.4. The lowest BCUT2D eigenvalue weighted by atomic mass is 9.77. The van der Waals surface area contributed by atoms with Crippen molar-refractivity contribution < 1.29 is 18.9 Å². The third-order valence-corrected chi connectivity index (χ3v) is 12.1. The second-order valence-corrected chi connectivity index (χ2v) is 15.4. The molecule has 0 radical (unpaired) electrons. The average molecular weight is 805 g/mol. The van der Waals surface area contributed by atoms with E-state index in [0.29, 0.717) is 0 Å². The molecule has 0 N–H and O–H groups in total. The summed E-state index contributed by atoms with van der Waals surface area (Å²) in [4.78, 5) is 0. The number of benzene rings is 10. The van der Waals surface area contributed by atoms with E-state index in [2.05, 4.69) is 194 Å². The van der Waals surface area contributed by atoms with Crippen LogP contribution in [0.3, 0.4) is 0 Å². The van der Waals surface area contributed by atoms with Crippen LogP contribution in [-0.2, 0) is 0 Å². The quantitative estimate of drug-likeness (QED) is 0.129. The molecule has 0 bridgehead atoms. The molecule has 0 aliphatic rings. The second-order valence-electron chi connectivity index (χ2n) is 15.4. The van der Waals surface area contributed by atoms with E-state index in [4.69, 9.17) is 18.9 Å². The Morgan fingerprint density at radius 3 is 0.806 bits per heavy atom. The molecular formula is C58H44O4. The van der Waals surface area contributed by atoms with Crippen molar-refractivity contribution in [2.24, 2.45) is 0 Å². The van der Waals surface area contributed by atoms with E-state index in [1.54, 1.807) is 28.4 Å². The predicted molar refractivity (Wildman–Crippen MR) is 258 cm³/mol. The molecule has 0 saturated heterocycles. The molecule has 0 heterocycles. The van der Waals surface area contributed by atoms with Crippen molar-refractivity contribution in [1.29, 1.82) is 0 Å². The van der Waals surface area contributed by atoms with Crippen LogP contribution in [0.15, 0.2) is 194 Å². The molecule has 10 rings (SSSR count). The van der Waals surface area contributed by atoms with E-state index in [1.165, 1.54) is 11.1 Å². The predicted octanol–water partition coefficient (Wildman–Crippen LogP) is 15.2. The summed E-state index contributed by atoms with van der Waals surface area (Å²) in [6.45, 7) is 0. The molecular weight excluding hydrogens is 761 g/mol. The van der Waals surface area contributed by atoms with Crippen LogP contribution < -0.4 is 18.9 Å². The van der Waals surface area contributed by atoms with Crippen LogP contribution in [-0.4, -0.2) is 28.4 Å². The Hall–Kier alpha value is -7.82. The van der Waals surface area contributed by atoms with Crippen molar-refractivity contribution in [2.45, 2.75) is 0 Å². The molecule has 0 spiro atoms. The van der Waals surface area contributed by atoms with Gasteiger partial charge in [0, 0.05) is 0 Å². The van der Waals surface area contributed by atoms with Gasteiger partial charge in [-0.2, -0.15) is 0 Å². The highest BCUT2D eigenvalue weighted by Crippen LogP contribution is 2.54. The number of fused-ring (bicyclic) bond motifs is 3. The number of rotatable bonds is 10. The summed E-state index contributed by atoms with van der Waals surface area (Å²) in [5, 5.41) is 6.65. The molecule has 300 valence electrons. The van der Waals surface area contributed by atoms with Gasteiger partial charge in [-0.25, -0.2) is 0 Å². The van der Waals surface area contributed by atoms with Gasteiger partial charge in [-0.15, -0.1) is 0 Å². The molecule has 4 nitrogen and oxygen atoms in total. The Morgan fingerprint density at radius 2 is 0.484 bits per heavy atom. The first-order valence-electron chi connectivity index (χ1n) is 20.8. The monoisotopic (exact) mass is 804 g/mol. The molecule has 0 atom stereocenters. The molecule has 0 amide bonds. The Bertz CT molecular complexity index is 2990. The summed E-state index contributed by atoms with van der Waals surface area (Å²) >= 11 is 0. The molecule has 0 aliphatic heterocycles. The van der Waals surface area contributed by atoms with E-state index < -0.39 is 0 Å². The minimum Gasteiger partial charge on any atom is -0.497 e. The van der Waals surface area contributed by atoms with Crippen LogP contribution in [0.1, 0.15) is 0 Å². The molecule has 10 aromatic rings. The zero-order chi connectivity index (χ0) is 42.2. The lowest BCUT2D eigenvalue weighted by Gasteiger charge is -2.26. The fourth-order valence-corrected chi connectivity index (χ4v) is 9.07. The average Bonchev–Trinajstić information content (AvgIpc) is 3.35. The highest BCUT2D eigenvalue weighted by atomic mass is 16.5. The van der Waals surface area contributed by atoms with Crippen molar-refractivity contribution in [3.05, 3.63) is 194 Å². The van der Waals surface area contributed by atoms with Crippen LogP contribution in [0, 0.1) is 0 Å². The highest BCUT2D eigenvalue weighted by Gasteiger charge is 2.27. The van der Waals surface area contributed by atoms with Crippen LogP contribution >= 0.6 is 0 Å². The zero-order valence-corrected chi connectivity index (χ0v) is 35.1. The first-order valence-corrected chi connectivity index (χ1v) is 20.8. The maximum Gasteiger partial charge on any atom is 0.119 e. The fourth-order valence-electron chi connectivity index (χ4n) is 9.07. The number of hydrogen-bond acceptors (Lipinski definition) is 4. The van der Waals surface area contributed by atoms with Gasteiger partial charge in [-0.05, 0) is 148 Å². The van der Waals surface area contributed by atoms with Gasteiger partial charge < -0.3 is 18.9 Å². The number of methoxy groups -OCH3 is 4. The maximum atomic E-state index is 6.01. The molecule has 0 unspecified atom stereocenters. The second kappa shape index (κ2) is 16.3. The summed E-state index contributed by atoms with van der Waals surface area (Å²) in [6.07, 6.45) is 0. The number of ether oxygens (including phenoxy) is 4. The van der Waals surface area contributed by atoms with Crippen molar-refractivity contribution >= 4 is 32.3 Å². The van der Waals surface area contributed by atoms with Gasteiger partial charge in [0.25, 0.3) is 0 Å². The normalized spacial score (nSPS) is 11.2. The van der Waals surface area contributed by atoms with Crippen molar-refractivity contribution in [2.75, 3.05) is 28.4 Å². The van der Waals surface area contributed by atoms with E-state index in [9.17, 15) is 0 Å². The smallest absolute Gasteiger partial charge is 0.119 e. The Balaban J connectivity index is 1.44. The van der Waals surface area contributed by atoms with E-state index in [1.807, 2.05) is 0 Å². The first kappa shape index (κ1) is 38.4. The maximum absolute atomic E-state index is 6.01. The Kier molecular flexibility index (Phi) is 10.1. The molecule has 0 fully saturated rings. The van der Waals surface area contributed by atoms with Gasteiger partial charge >= 0.3 is 0 Å². The minimum absolute atomic E-state index is 0.785. The molecule has 62 heavy (non-hydrogen) atoms. The highest BCUT2D eigenvalue weighted by molar-refractivity contribution is 6.34. The third kappa shape index (κ3) is 6.76. The zero-order valence-electron chi connectivity index (χ0n) is 35.1. The largest absolute Gasteiger partial charge is 0.497 e. The Morgan fingerprint density at radius 1 is 0.226 bits per heavy atom. The van der Waals surface area contributed by atoms with E-state index in [0.717, 1.165) is 111 Å². The topological polar surface area (TPSA) is 36.9 Å². The van der Waals surface area contributed by atoms with Gasteiger partial charge in [0.1, 0.15) is 23.0 Å². The van der Waals surface area contributed by atoms with Gasteiger partial charge in [-0.3, -0.25) is 0 Å². The van der Waals surface area contributed by atoms with Crippen LogP contribution in [0.25, 0.3) is 99.1 Å². The third-order valence-electron chi connectivity index (χ3n) is 12.1.